The maximum absolute atomic E-state index is 9.18. The Bertz CT molecular complexity index is 1250. The van der Waals surface area contributed by atoms with Gasteiger partial charge in [-0.15, -0.1) is 4.99 Å². The van der Waals surface area contributed by atoms with Crippen molar-refractivity contribution in [3.05, 3.63) is 52.8 Å². The lowest BCUT2D eigenvalue weighted by molar-refractivity contribution is 0.398. The van der Waals surface area contributed by atoms with E-state index in [1.54, 1.807) is 25.6 Å². The lowest BCUT2D eigenvalue weighted by Crippen LogP contribution is -2.22. The number of rotatable bonds is 2. The van der Waals surface area contributed by atoms with Crippen molar-refractivity contribution in [3.63, 3.8) is 0 Å². The molecule has 0 bridgehead atoms. The molecule has 0 spiro atoms. The molecule has 0 aliphatic heterocycles. The van der Waals surface area contributed by atoms with E-state index in [1.165, 1.54) is 0 Å². The zero-order valence-corrected chi connectivity index (χ0v) is 15.6. The van der Waals surface area contributed by atoms with Gasteiger partial charge in [-0.2, -0.15) is 5.26 Å². The molecule has 4 aromatic rings. The summed E-state index contributed by atoms with van der Waals surface area (Å²) >= 11 is 3.53. The number of hydrogen-bond donors (Lipinski definition) is 0. The predicted molar refractivity (Wildman–Crippen MR) is 101 cm³/mol. The van der Waals surface area contributed by atoms with E-state index in [0.717, 1.165) is 32.1 Å². The highest BCUT2D eigenvalue weighted by Crippen LogP contribution is 2.27. The average Bonchev–Trinajstić information content (AvgIpc) is 2.95. The van der Waals surface area contributed by atoms with Crippen molar-refractivity contribution in [2.45, 2.75) is 0 Å². The number of nitrogens with zero attached hydrogens (tertiary/aromatic N) is 6. The van der Waals surface area contributed by atoms with E-state index < -0.39 is 0 Å². The van der Waals surface area contributed by atoms with Crippen molar-refractivity contribution >= 4 is 37.9 Å². The molecule has 0 saturated carbocycles. The van der Waals surface area contributed by atoms with Crippen molar-refractivity contribution in [2.24, 2.45) is 12.0 Å². The molecule has 0 aliphatic carbocycles. The van der Waals surface area contributed by atoms with Crippen LogP contribution in [0.1, 0.15) is 0 Å². The maximum atomic E-state index is 9.18. The second-order valence-electron chi connectivity index (χ2n) is 5.62. The molecule has 0 N–H and O–H groups in total. The van der Waals surface area contributed by atoms with Gasteiger partial charge in [-0.1, -0.05) is 15.9 Å². The van der Waals surface area contributed by atoms with E-state index in [9.17, 15) is 5.26 Å². The number of hydrogen-bond acceptors (Lipinski definition) is 5. The number of benzene rings is 1. The third-order valence-electron chi connectivity index (χ3n) is 4.21. The van der Waals surface area contributed by atoms with Crippen LogP contribution >= 0.6 is 15.9 Å². The van der Waals surface area contributed by atoms with Gasteiger partial charge in [0.15, 0.2) is 0 Å². The summed E-state index contributed by atoms with van der Waals surface area (Å²) in [6.45, 7) is 0. The fraction of sp³-hybridized carbons (Fsp3) is 0.111. The number of methoxy groups -OCH3 is 1. The predicted octanol–water partition coefficient (Wildman–Crippen LogP) is 3.07. The van der Waals surface area contributed by atoms with Gasteiger partial charge >= 0.3 is 0 Å². The van der Waals surface area contributed by atoms with E-state index in [-0.39, 0.29) is 0 Å². The van der Waals surface area contributed by atoms with E-state index in [4.69, 9.17) is 4.74 Å². The van der Waals surface area contributed by atoms with Gasteiger partial charge in [0, 0.05) is 23.0 Å². The quantitative estimate of drug-likeness (QED) is 0.477. The first-order chi connectivity index (χ1) is 12.6. The molecule has 1 aromatic carbocycles. The normalized spacial score (nSPS) is 11.8. The number of imidazole rings is 1. The fourth-order valence-electron chi connectivity index (χ4n) is 3.02. The Morgan fingerprint density at radius 3 is 2.73 bits per heavy atom. The molecule has 0 aliphatic rings. The highest BCUT2D eigenvalue weighted by Gasteiger charge is 2.15. The molecule has 0 unspecified atom stereocenters. The Morgan fingerprint density at radius 2 is 2.04 bits per heavy atom. The minimum Gasteiger partial charge on any atom is -0.481 e. The molecular weight excluding hydrogens is 396 g/mol. The number of nitriles is 1. The van der Waals surface area contributed by atoms with Crippen molar-refractivity contribution < 1.29 is 4.74 Å². The molecule has 0 saturated heterocycles. The highest BCUT2D eigenvalue weighted by atomic mass is 79.9. The van der Waals surface area contributed by atoms with Crippen LogP contribution in [0, 0.1) is 11.5 Å². The average molecular weight is 409 g/mol. The van der Waals surface area contributed by atoms with Crippen LogP contribution in [0.3, 0.4) is 0 Å². The molecular formula is C18H13BrN6O. The van der Waals surface area contributed by atoms with Crippen molar-refractivity contribution in [2.75, 3.05) is 7.11 Å². The smallest absolute Gasteiger partial charge is 0.226 e. The topological polar surface area (TPSA) is 81.0 Å². The number of aromatic nitrogens is 4. The summed E-state index contributed by atoms with van der Waals surface area (Å²) in [5.41, 5.74) is 3.88. The van der Waals surface area contributed by atoms with Crippen LogP contribution in [0.4, 0.5) is 0 Å². The van der Waals surface area contributed by atoms with Crippen LogP contribution < -0.4 is 10.4 Å². The molecule has 0 atom stereocenters. The Labute approximate surface area is 157 Å². The second-order valence-corrected chi connectivity index (χ2v) is 6.53. The van der Waals surface area contributed by atoms with Gasteiger partial charge in [0.05, 0.1) is 41.7 Å². The Hall–Kier alpha value is -3.18. The van der Waals surface area contributed by atoms with Gasteiger partial charge in [0.2, 0.25) is 17.7 Å². The van der Waals surface area contributed by atoms with Crippen LogP contribution in [-0.4, -0.2) is 26.2 Å². The van der Waals surface area contributed by atoms with E-state index in [0.29, 0.717) is 11.5 Å². The molecule has 128 valence electrons. The van der Waals surface area contributed by atoms with Crippen molar-refractivity contribution in [1.29, 1.82) is 5.26 Å². The van der Waals surface area contributed by atoms with E-state index >= 15 is 0 Å². The zero-order chi connectivity index (χ0) is 18.3. The third kappa shape index (κ3) is 2.45. The van der Waals surface area contributed by atoms with Crippen molar-refractivity contribution in [3.8, 4) is 17.8 Å². The summed E-state index contributed by atoms with van der Waals surface area (Å²) in [6.07, 6.45) is 5.37. The van der Waals surface area contributed by atoms with Crippen molar-refractivity contribution in [1.82, 2.24) is 19.1 Å². The lowest BCUT2D eigenvalue weighted by Gasteiger charge is -2.07. The number of aryl methyl sites for hydroxylation is 1. The lowest BCUT2D eigenvalue weighted by atomic mass is 10.2. The first-order valence-electron chi connectivity index (χ1n) is 7.73. The van der Waals surface area contributed by atoms with Crippen LogP contribution in [0.2, 0.25) is 0 Å². The van der Waals surface area contributed by atoms with E-state index in [1.807, 2.05) is 46.6 Å². The number of fused-ring (bicyclic) bond motifs is 3. The third-order valence-corrected chi connectivity index (χ3v) is 4.70. The molecule has 0 radical (unpaired) electrons. The number of halogens is 1. The summed E-state index contributed by atoms with van der Waals surface area (Å²) in [4.78, 5) is 12.8. The SMILES string of the molecule is COc1ccc(-n2/c(=N\C#N)n(C)c3cnc4ccc(Br)cc4c32)cn1. The molecule has 0 fully saturated rings. The van der Waals surface area contributed by atoms with Gasteiger partial charge in [-0.05, 0) is 24.3 Å². The monoisotopic (exact) mass is 408 g/mol. The molecule has 4 rings (SSSR count). The van der Waals surface area contributed by atoms with Gasteiger partial charge < -0.3 is 9.30 Å². The molecule has 26 heavy (non-hydrogen) atoms. The molecule has 0 amide bonds. The summed E-state index contributed by atoms with van der Waals surface area (Å²) in [5, 5.41) is 10.1. The maximum Gasteiger partial charge on any atom is 0.226 e. The Kier molecular flexibility index (Phi) is 3.93. The Balaban J connectivity index is 2.21. The van der Waals surface area contributed by atoms with Gasteiger partial charge in [0.1, 0.15) is 0 Å². The molecule has 8 heteroatoms. The van der Waals surface area contributed by atoms with Gasteiger partial charge in [0.25, 0.3) is 0 Å². The molecule has 3 aromatic heterocycles. The van der Waals surface area contributed by atoms with Crippen LogP contribution in [-0.2, 0) is 7.05 Å². The fourth-order valence-corrected chi connectivity index (χ4v) is 3.38. The zero-order valence-electron chi connectivity index (χ0n) is 14.0. The first kappa shape index (κ1) is 16.3. The van der Waals surface area contributed by atoms with Gasteiger partial charge in [-0.25, -0.2) is 4.98 Å². The van der Waals surface area contributed by atoms with Gasteiger partial charge in [-0.3, -0.25) is 9.55 Å². The summed E-state index contributed by atoms with van der Waals surface area (Å²) in [7, 11) is 3.43. The van der Waals surface area contributed by atoms with Crippen LogP contribution in [0.25, 0.3) is 27.6 Å². The minimum absolute atomic E-state index is 0.490. The first-order valence-corrected chi connectivity index (χ1v) is 8.52. The summed E-state index contributed by atoms with van der Waals surface area (Å²) < 4.78 is 9.84. The minimum atomic E-state index is 0.490. The molecule has 7 nitrogen and oxygen atoms in total. The standard InChI is InChI=1S/C18H13BrN6O/c1-24-15-9-21-14-5-3-11(19)7-13(14)17(15)25(18(24)23-10-20)12-4-6-16(26-2)22-8-12/h3-9H,1-2H3/b23-18-. The summed E-state index contributed by atoms with van der Waals surface area (Å²) in [6, 6.07) is 9.56. The largest absolute Gasteiger partial charge is 0.481 e. The van der Waals surface area contributed by atoms with E-state index in [2.05, 4.69) is 30.9 Å². The summed E-state index contributed by atoms with van der Waals surface area (Å²) in [5.74, 6) is 0.516. The van der Waals surface area contributed by atoms with Crippen LogP contribution in [0.15, 0.2) is 52.2 Å². The number of ether oxygens (including phenoxy) is 1. The second kappa shape index (κ2) is 6.28. The highest BCUT2D eigenvalue weighted by molar-refractivity contribution is 9.10. The number of pyridine rings is 2. The molecule has 3 heterocycles. The van der Waals surface area contributed by atoms with Crippen LogP contribution in [0.5, 0.6) is 5.88 Å². The Morgan fingerprint density at radius 1 is 1.19 bits per heavy atom.